The normalized spacial score (nSPS) is 17.7. The molecule has 0 spiro atoms. The number of aliphatic hydroxyl groups is 1. The van der Waals surface area contributed by atoms with Crippen LogP contribution in [0, 0.1) is 5.92 Å². The molecule has 20 heavy (non-hydrogen) atoms. The Kier molecular flexibility index (Phi) is 4.52. The van der Waals surface area contributed by atoms with E-state index in [2.05, 4.69) is 13.8 Å². The minimum absolute atomic E-state index is 0.166. The van der Waals surface area contributed by atoms with Crippen LogP contribution in [0.4, 0.5) is 0 Å². The van der Waals surface area contributed by atoms with E-state index in [1.807, 2.05) is 12.1 Å². The maximum absolute atomic E-state index is 12.4. The summed E-state index contributed by atoms with van der Waals surface area (Å²) in [7, 11) is -1.98. The summed E-state index contributed by atoms with van der Waals surface area (Å²) in [6.45, 7) is 4.31. The van der Waals surface area contributed by atoms with E-state index >= 15 is 0 Å². The number of hydrogen-bond donors (Lipinski definition) is 1. The molecule has 0 aliphatic heterocycles. The van der Waals surface area contributed by atoms with Crippen LogP contribution >= 0.6 is 0 Å². The molecular weight excluding hydrogens is 274 g/mol. The van der Waals surface area contributed by atoms with Crippen LogP contribution in [0.25, 0.3) is 0 Å². The van der Waals surface area contributed by atoms with E-state index in [1.54, 1.807) is 12.1 Å². The van der Waals surface area contributed by atoms with Crippen molar-refractivity contribution in [1.29, 1.82) is 0 Å². The van der Waals surface area contributed by atoms with E-state index in [9.17, 15) is 13.5 Å². The van der Waals surface area contributed by atoms with Gasteiger partial charge in [-0.3, -0.25) is 0 Å². The van der Waals surface area contributed by atoms with Crippen LogP contribution in [-0.2, 0) is 10.0 Å². The molecule has 2 rings (SSSR count). The number of likely N-dealkylation sites (N-methyl/N-ethyl adjacent to an activating group) is 1. The molecule has 4 nitrogen and oxygen atoms in total. The molecule has 1 unspecified atom stereocenters. The summed E-state index contributed by atoms with van der Waals surface area (Å²) in [6.07, 6.45) is 1.45. The van der Waals surface area contributed by atoms with E-state index in [1.165, 1.54) is 11.4 Å². The molecule has 1 aliphatic rings. The average molecular weight is 297 g/mol. The van der Waals surface area contributed by atoms with Crippen molar-refractivity contribution in [2.24, 2.45) is 5.92 Å². The van der Waals surface area contributed by atoms with Crippen molar-refractivity contribution >= 4 is 10.0 Å². The van der Waals surface area contributed by atoms with Gasteiger partial charge in [-0.1, -0.05) is 26.0 Å². The number of hydrogen-bond acceptors (Lipinski definition) is 3. The predicted octanol–water partition coefficient (Wildman–Crippen LogP) is 2.20. The van der Waals surface area contributed by atoms with Crippen LogP contribution in [0.3, 0.4) is 0 Å². The predicted molar refractivity (Wildman–Crippen MR) is 79.1 cm³/mol. The molecule has 1 saturated carbocycles. The van der Waals surface area contributed by atoms with Crippen LogP contribution in [0.1, 0.15) is 38.2 Å². The van der Waals surface area contributed by atoms with Crippen LogP contribution in [-0.4, -0.2) is 37.5 Å². The SMILES string of the molecule is CC(C)c1ccc(S(=O)(=O)N(C)CC(O)C2CC2)cc1. The second-order valence-corrected chi connectivity index (χ2v) is 7.96. The number of aliphatic hydroxyl groups excluding tert-OH is 1. The summed E-state index contributed by atoms with van der Waals surface area (Å²) in [5, 5.41) is 9.88. The summed E-state index contributed by atoms with van der Waals surface area (Å²) in [6, 6.07) is 6.99. The highest BCUT2D eigenvalue weighted by molar-refractivity contribution is 7.89. The summed E-state index contributed by atoms with van der Waals surface area (Å²) in [5.74, 6) is 0.650. The van der Waals surface area contributed by atoms with E-state index in [0.717, 1.165) is 18.4 Å². The highest BCUT2D eigenvalue weighted by Crippen LogP contribution is 2.33. The van der Waals surface area contributed by atoms with Gasteiger partial charge in [0.05, 0.1) is 11.0 Å². The van der Waals surface area contributed by atoms with E-state index < -0.39 is 16.1 Å². The minimum atomic E-state index is -3.51. The standard InChI is InChI=1S/C15H23NO3S/c1-11(2)12-6-8-14(9-7-12)20(18,19)16(3)10-15(17)13-4-5-13/h6-9,11,13,15,17H,4-5,10H2,1-3H3. The lowest BCUT2D eigenvalue weighted by atomic mass is 10.0. The van der Waals surface area contributed by atoms with Crippen molar-refractivity contribution in [1.82, 2.24) is 4.31 Å². The molecule has 0 amide bonds. The molecular formula is C15H23NO3S. The molecule has 112 valence electrons. The zero-order valence-electron chi connectivity index (χ0n) is 12.3. The fraction of sp³-hybridized carbons (Fsp3) is 0.600. The molecule has 0 aromatic heterocycles. The quantitative estimate of drug-likeness (QED) is 0.876. The minimum Gasteiger partial charge on any atom is -0.391 e. The van der Waals surface area contributed by atoms with Crippen molar-refractivity contribution in [3.05, 3.63) is 29.8 Å². The van der Waals surface area contributed by atoms with Crippen molar-refractivity contribution < 1.29 is 13.5 Å². The highest BCUT2D eigenvalue weighted by Gasteiger charge is 2.33. The van der Waals surface area contributed by atoms with Gasteiger partial charge in [-0.25, -0.2) is 8.42 Å². The largest absolute Gasteiger partial charge is 0.391 e. The van der Waals surface area contributed by atoms with Gasteiger partial charge in [0.2, 0.25) is 10.0 Å². The Balaban J connectivity index is 2.11. The second-order valence-electron chi connectivity index (χ2n) is 5.91. The van der Waals surface area contributed by atoms with Crippen molar-refractivity contribution in [3.8, 4) is 0 Å². The molecule has 1 fully saturated rings. The summed E-state index contributed by atoms with van der Waals surface area (Å²) in [4.78, 5) is 0.285. The molecule has 1 atom stereocenters. The number of benzene rings is 1. The molecule has 0 saturated heterocycles. The molecule has 5 heteroatoms. The lowest BCUT2D eigenvalue weighted by Crippen LogP contribution is -2.35. The zero-order chi connectivity index (χ0) is 14.9. The Hall–Kier alpha value is -0.910. The van der Waals surface area contributed by atoms with Gasteiger partial charge >= 0.3 is 0 Å². The smallest absolute Gasteiger partial charge is 0.242 e. The molecule has 0 heterocycles. The van der Waals surface area contributed by atoms with E-state index in [-0.39, 0.29) is 17.4 Å². The third-order valence-corrected chi connectivity index (χ3v) is 5.70. The van der Waals surface area contributed by atoms with Gasteiger partial charge in [0, 0.05) is 13.6 Å². The van der Waals surface area contributed by atoms with Crippen LogP contribution < -0.4 is 0 Å². The van der Waals surface area contributed by atoms with Crippen molar-refractivity contribution in [2.75, 3.05) is 13.6 Å². The van der Waals surface area contributed by atoms with Gasteiger partial charge in [0.25, 0.3) is 0 Å². The van der Waals surface area contributed by atoms with Crippen LogP contribution in [0.2, 0.25) is 0 Å². The summed E-state index contributed by atoms with van der Waals surface area (Å²) >= 11 is 0. The van der Waals surface area contributed by atoms with Gasteiger partial charge in [-0.05, 0) is 42.4 Å². The van der Waals surface area contributed by atoms with Gasteiger partial charge < -0.3 is 5.11 Å². The van der Waals surface area contributed by atoms with Crippen molar-refractivity contribution in [2.45, 2.75) is 43.6 Å². The molecule has 1 aromatic carbocycles. The Bertz CT molecular complexity index is 547. The van der Waals surface area contributed by atoms with Crippen LogP contribution in [0.15, 0.2) is 29.2 Å². The second kappa shape index (κ2) is 5.84. The molecule has 0 bridgehead atoms. The van der Waals surface area contributed by atoms with E-state index in [0.29, 0.717) is 5.92 Å². The Morgan fingerprint density at radius 1 is 1.25 bits per heavy atom. The summed E-state index contributed by atoms with van der Waals surface area (Å²) in [5.41, 5.74) is 1.12. The molecule has 1 aliphatic carbocycles. The molecule has 1 aromatic rings. The Morgan fingerprint density at radius 3 is 2.25 bits per heavy atom. The average Bonchev–Trinajstić information content (AvgIpc) is 3.22. The zero-order valence-corrected chi connectivity index (χ0v) is 13.1. The van der Waals surface area contributed by atoms with Gasteiger partial charge in [-0.15, -0.1) is 0 Å². The third kappa shape index (κ3) is 3.40. The highest BCUT2D eigenvalue weighted by atomic mass is 32.2. The molecule has 0 radical (unpaired) electrons. The van der Waals surface area contributed by atoms with Gasteiger partial charge in [-0.2, -0.15) is 4.31 Å². The monoisotopic (exact) mass is 297 g/mol. The Labute approximate surface area is 121 Å². The maximum atomic E-state index is 12.4. The first kappa shape index (κ1) is 15.5. The van der Waals surface area contributed by atoms with E-state index in [4.69, 9.17) is 0 Å². The number of nitrogens with zero attached hydrogens (tertiary/aromatic N) is 1. The van der Waals surface area contributed by atoms with Crippen LogP contribution in [0.5, 0.6) is 0 Å². The number of sulfonamides is 1. The third-order valence-electron chi connectivity index (χ3n) is 3.87. The Morgan fingerprint density at radius 2 is 1.80 bits per heavy atom. The fourth-order valence-corrected chi connectivity index (χ4v) is 3.39. The maximum Gasteiger partial charge on any atom is 0.242 e. The first-order valence-electron chi connectivity index (χ1n) is 7.06. The first-order chi connectivity index (χ1) is 9.32. The lowest BCUT2D eigenvalue weighted by molar-refractivity contribution is 0.131. The first-order valence-corrected chi connectivity index (χ1v) is 8.50. The topological polar surface area (TPSA) is 57.6 Å². The molecule has 1 N–H and O–H groups in total. The fourth-order valence-electron chi connectivity index (χ4n) is 2.20. The lowest BCUT2D eigenvalue weighted by Gasteiger charge is -2.20. The van der Waals surface area contributed by atoms with Gasteiger partial charge in [0.15, 0.2) is 0 Å². The summed E-state index contributed by atoms with van der Waals surface area (Å²) < 4.78 is 26.1. The van der Waals surface area contributed by atoms with Crippen molar-refractivity contribution in [3.63, 3.8) is 0 Å². The number of rotatable bonds is 6. The van der Waals surface area contributed by atoms with Gasteiger partial charge in [0.1, 0.15) is 0 Å².